The van der Waals surface area contributed by atoms with Gasteiger partial charge in [0.25, 0.3) is 0 Å². The number of carbonyl (C=O) groups excluding carboxylic acids is 2. The van der Waals surface area contributed by atoms with Gasteiger partial charge in [0.2, 0.25) is 0 Å². The van der Waals surface area contributed by atoms with E-state index in [1.165, 1.54) is 0 Å². The van der Waals surface area contributed by atoms with Crippen LogP contribution in [0.4, 0.5) is 0 Å². The molecule has 3 saturated carbocycles. The van der Waals surface area contributed by atoms with Crippen LogP contribution in [0.2, 0.25) is 0 Å². The van der Waals surface area contributed by atoms with E-state index in [0.717, 1.165) is 25.7 Å². The molecule has 0 radical (unpaired) electrons. The highest BCUT2D eigenvalue weighted by molar-refractivity contribution is 5.78. The normalized spacial score (nSPS) is 45.6. The molecule has 4 nitrogen and oxygen atoms in total. The highest BCUT2D eigenvalue weighted by Gasteiger charge is 2.70. The Morgan fingerprint density at radius 2 is 1.68 bits per heavy atom. The van der Waals surface area contributed by atoms with Crippen molar-refractivity contribution in [3.05, 3.63) is 0 Å². The Morgan fingerprint density at radius 1 is 1.05 bits per heavy atom. The smallest absolute Gasteiger partial charge is 0.309 e. The van der Waals surface area contributed by atoms with Crippen LogP contribution in [0.3, 0.4) is 0 Å². The van der Waals surface area contributed by atoms with Gasteiger partial charge in [-0.25, -0.2) is 0 Å². The number of carbonyl (C=O) groups is 2. The lowest BCUT2D eigenvalue weighted by Crippen LogP contribution is -2.24. The second-order valence-corrected chi connectivity index (χ2v) is 7.83. The molecule has 0 aromatic rings. The summed E-state index contributed by atoms with van der Waals surface area (Å²) in [4.78, 5) is 24.1. The molecule has 3 fully saturated rings. The molecular weight excluding hydrogens is 280 g/mol. The molecule has 6 unspecified atom stereocenters. The Balaban J connectivity index is 1.62. The number of hydrogen-bond acceptors (Lipinski definition) is 4. The van der Waals surface area contributed by atoms with Gasteiger partial charge in [-0.15, -0.1) is 0 Å². The predicted octanol–water partition coefficient (Wildman–Crippen LogP) is 3.19. The predicted molar refractivity (Wildman–Crippen MR) is 81.9 cm³/mol. The Bertz CT molecular complexity index is 487. The second kappa shape index (κ2) is 5.24. The Kier molecular flexibility index (Phi) is 3.77. The molecule has 0 spiro atoms. The number of fused-ring (bicyclic) bond motifs is 1. The van der Waals surface area contributed by atoms with Gasteiger partial charge in [0.15, 0.2) is 0 Å². The van der Waals surface area contributed by atoms with Crippen molar-refractivity contribution in [1.29, 1.82) is 0 Å². The Hall–Kier alpha value is -1.06. The number of ether oxygens (including phenoxy) is 2. The first-order valence-corrected chi connectivity index (χ1v) is 8.71. The molecule has 0 heterocycles. The second-order valence-electron chi connectivity index (χ2n) is 7.83. The van der Waals surface area contributed by atoms with Gasteiger partial charge < -0.3 is 9.47 Å². The first kappa shape index (κ1) is 15.8. The summed E-state index contributed by atoms with van der Waals surface area (Å²) in [6.07, 6.45) is 4.21. The van der Waals surface area contributed by atoms with Crippen molar-refractivity contribution < 1.29 is 19.1 Å². The SMILES string of the molecule is CCOC(=O)C1CC1(C)C1CCC2(C)C(C1)C2C(=O)OCC. The summed E-state index contributed by atoms with van der Waals surface area (Å²) < 4.78 is 10.4. The maximum absolute atomic E-state index is 12.1. The third-order valence-corrected chi connectivity index (χ3v) is 6.74. The van der Waals surface area contributed by atoms with Crippen molar-refractivity contribution in [2.45, 2.75) is 53.4 Å². The molecule has 6 atom stereocenters. The maximum atomic E-state index is 12.1. The summed E-state index contributed by atoms with van der Waals surface area (Å²) in [5.74, 6) is 1.10. The third-order valence-electron chi connectivity index (χ3n) is 6.74. The number of rotatable bonds is 5. The highest BCUT2D eigenvalue weighted by atomic mass is 16.5. The molecule has 22 heavy (non-hydrogen) atoms. The van der Waals surface area contributed by atoms with Crippen molar-refractivity contribution in [1.82, 2.24) is 0 Å². The van der Waals surface area contributed by atoms with Crippen molar-refractivity contribution in [3.63, 3.8) is 0 Å². The standard InChI is InChI=1S/C18H28O4/c1-5-21-15(19)13-10-18(13,4)11-7-8-17(3)12(9-11)14(17)16(20)22-6-2/h11-14H,5-10H2,1-4H3. The van der Waals surface area contributed by atoms with Crippen LogP contribution in [0.15, 0.2) is 0 Å². The van der Waals surface area contributed by atoms with E-state index in [-0.39, 0.29) is 34.6 Å². The summed E-state index contributed by atoms with van der Waals surface area (Å²) in [7, 11) is 0. The van der Waals surface area contributed by atoms with Crippen LogP contribution in [-0.2, 0) is 19.1 Å². The Labute approximate surface area is 132 Å². The molecule has 0 N–H and O–H groups in total. The Morgan fingerprint density at radius 3 is 2.32 bits per heavy atom. The van der Waals surface area contributed by atoms with Gasteiger partial charge in [-0.1, -0.05) is 13.8 Å². The highest BCUT2D eigenvalue weighted by Crippen LogP contribution is 2.72. The number of esters is 2. The van der Waals surface area contributed by atoms with Gasteiger partial charge in [0.1, 0.15) is 0 Å². The summed E-state index contributed by atoms with van der Waals surface area (Å²) in [5, 5.41) is 0. The van der Waals surface area contributed by atoms with Gasteiger partial charge in [-0.05, 0) is 62.2 Å². The molecule has 0 saturated heterocycles. The van der Waals surface area contributed by atoms with E-state index < -0.39 is 0 Å². The minimum atomic E-state index is -0.0314. The minimum Gasteiger partial charge on any atom is -0.466 e. The lowest BCUT2D eigenvalue weighted by atomic mass is 9.74. The van der Waals surface area contributed by atoms with Gasteiger partial charge in [-0.3, -0.25) is 9.59 Å². The zero-order valence-corrected chi connectivity index (χ0v) is 14.2. The van der Waals surface area contributed by atoms with Crippen LogP contribution in [0, 0.1) is 34.5 Å². The van der Waals surface area contributed by atoms with Crippen LogP contribution in [0.25, 0.3) is 0 Å². The zero-order chi connectivity index (χ0) is 16.1. The van der Waals surface area contributed by atoms with Crippen molar-refractivity contribution >= 4 is 11.9 Å². The van der Waals surface area contributed by atoms with Crippen molar-refractivity contribution in [2.24, 2.45) is 34.5 Å². The first-order valence-electron chi connectivity index (χ1n) is 8.71. The molecule has 0 bridgehead atoms. The fourth-order valence-electron chi connectivity index (χ4n) is 5.01. The van der Waals surface area contributed by atoms with E-state index in [1.54, 1.807) is 0 Å². The molecule has 0 aliphatic heterocycles. The van der Waals surface area contributed by atoms with E-state index in [2.05, 4.69) is 13.8 Å². The van der Waals surface area contributed by atoms with Gasteiger partial charge in [-0.2, -0.15) is 0 Å². The average Bonchev–Trinajstić information content (AvgIpc) is 3.31. The van der Waals surface area contributed by atoms with Gasteiger partial charge >= 0.3 is 11.9 Å². The first-order chi connectivity index (χ1) is 10.4. The molecular formula is C18H28O4. The van der Waals surface area contributed by atoms with Crippen LogP contribution in [0.5, 0.6) is 0 Å². The van der Waals surface area contributed by atoms with E-state index in [4.69, 9.17) is 9.47 Å². The molecule has 0 aromatic carbocycles. The van der Waals surface area contributed by atoms with E-state index in [0.29, 0.717) is 25.0 Å². The maximum Gasteiger partial charge on any atom is 0.309 e. The topological polar surface area (TPSA) is 52.6 Å². The molecule has 3 aliphatic rings. The van der Waals surface area contributed by atoms with E-state index in [9.17, 15) is 9.59 Å². The summed E-state index contributed by atoms with van der Waals surface area (Å²) in [6.45, 7) is 9.10. The fraction of sp³-hybridized carbons (Fsp3) is 0.889. The van der Waals surface area contributed by atoms with Gasteiger partial charge in [0.05, 0.1) is 25.0 Å². The quantitative estimate of drug-likeness (QED) is 0.732. The minimum absolute atomic E-state index is 0.0152. The lowest BCUT2D eigenvalue weighted by molar-refractivity contribution is -0.147. The zero-order valence-electron chi connectivity index (χ0n) is 14.2. The summed E-state index contributed by atoms with van der Waals surface area (Å²) in [5.41, 5.74) is 0.239. The van der Waals surface area contributed by atoms with Crippen LogP contribution in [-0.4, -0.2) is 25.2 Å². The molecule has 124 valence electrons. The monoisotopic (exact) mass is 308 g/mol. The van der Waals surface area contributed by atoms with Crippen molar-refractivity contribution in [3.8, 4) is 0 Å². The van der Waals surface area contributed by atoms with E-state index in [1.807, 2.05) is 13.8 Å². The molecule has 0 amide bonds. The third kappa shape index (κ3) is 2.26. The lowest BCUT2D eigenvalue weighted by Gasteiger charge is -2.30. The summed E-state index contributed by atoms with van der Waals surface area (Å²) >= 11 is 0. The molecule has 3 rings (SSSR count). The average molecular weight is 308 g/mol. The van der Waals surface area contributed by atoms with Crippen LogP contribution >= 0.6 is 0 Å². The molecule has 3 aliphatic carbocycles. The van der Waals surface area contributed by atoms with Crippen LogP contribution < -0.4 is 0 Å². The molecule has 4 heteroatoms. The number of hydrogen-bond donors (Lipinski definition) is 0. The van der Waals surface area contributed by atoms with E-state index >= 15 is 0 Å². The summed E-state index contributed by atoms with van der Waals surface area (Å²) in [6, 6.07) is 0. The fourth-order valence-corrected chi connectivity index (χ4v) is 5.01. The van der Waals surface area contributed by atoms with Crippen LogP contribution in [0.1, 0.15) is 53.4 Å². The van der Waals surface area contributed by atoms with Gasteiger partial charge in [0, 0.05) is 0 Å². The largest absolute Gasteiger partial charge is 0.466 e. The van der Waals surface area contributed by atoms with Crippen molar-refractivity contribution in [2.75, 3.05) is 13.2 Å². The molecule has 0 aromatic heterocycles.